The molecule has 0 saturated carbocycles. The number of halogens is 1. The molecule has 122 valence electrons. The zero-order chi connectivity index (χ0) is 16.4. The lowest BCUT2D eigenvalue weighted by Crippen LogP contribution is -2.33. The summed E-state index contributed by atoms with van der Waals surface area (Å²) in [6, 6.07) is 6.58. The highest BCUT2D eigenvalue weighted by molar-refractivity contribution is 6.30. The molecule has 0 aromatic heterocycles. The van der Waals surface area contributed by atoms with E-state index in [0.29, 0.717) is 17.2 Å². The maximum atomic E-state index is 12.1. The summed E-state index contributed by atoms with van der Waals surface area (Å²) < 4.78 is 5.14. The number of ether oxygens (including phenoxy) is 1. The Kier molecular flexibility index (Phi) is 8.60. The zero-order valence-corrected chi connectivity index (χ0v) is 14.1. The number of hydrogen-bond donors (Lipinski definition) is 0. The molecule has 1 aromatic carbocycles. The second-order valence-electron chi connectivity index (χ2n) is 5.30. The van der Waals surface area contributed by atoms with Crippen LogP contribution in [0.2, 0.25) is 5.02 Å². The number of rotatable bonds is 9. The molecule has 0 radical (unpaired) electrons. The quantitative estimate of drug-likeness (QED) is 0.510. The average molecular weight is 326 g/mol. The average Bonchev–Trinajstić information content (AvgIpc) is 2.50. The minimum atomic E-state index is -0.375. The molecule has 1 rings (SSSR count). The molecule has 0 heterocycles. The standard InChI is InChI=1S/C17H24ClNO3/c1-3-4-5-6-7-12-22-16(20)13-19(2)17(21)14-8-10-15(18)11-9-14/h8-11H,3-7,12-13H2,1-2H3. The third-order valence-electron chi connectivity index (χ3n) is 3.32. The fourth-order valence-electron chi connectivity index (χ4n) is 2.02. The van der Waals surface area contributed by atoms with Crippen molar-refractivity contribution in [3.63, 3.8) is 0 Å². The van der Waals surface area contributed by atoms with Crippen molar-refractivity contribution in [3.8, 4) is 0 Å². The Balaban J connectivity index is 2.28. The van der Waals surface area contributed by atoms with E-state index in [-0.39, 0.29) is 18.4 Å². The highest BCUT2D eigenvalue weighted by Gasteiger charge is 2.15. The number of carbonyl (C=O) groups is 2. The molecular formula is C17H24ClNO3. The van der Waals surface area contributed by atoms with Crippen LogP contribution in [0.5, 0.6) is 0 Å². The van der Waals surface area contributed by atoms with Crippen LogP contribution in [0.3, 0.4) is 0 Å². The topological polar surface area (TPSA) is 46.6 Å². The summed E-state index contributed by atoms with van der Waals surface area (Å²) in [5.41, 5.74) is 0.499. The highest BCUT2D eigenvalue weighted by Crippen LogP contribution is 2.11. The van der Waals surface area contributed by atoms with Crippen molar-refractivity contribution < 1.29 is 14.3 Å². The van der Waals surface area contributed by atoms with Gasteiger partial charge in [0, 0.05) is 17.6 Å². The summed E-state index contributed by atoms with van der Waals surface area (Å²) in [4.78, 5) is 25.2. The SMILES string of the molecule is CCCCCCCOC(=O)CN(C)C(=O)c1ccc(Cl)cc1. The molecule has 0 N–H and O–H groups in total. The molecule has 0 aliphatic carbocycles. The van der Waals surface area contributed by atoms with E-state index in [9.17, 15) is 9.59 Å². The van der Waals surface area contributed by atoms with E-state index in [0.717, 1.165) is 12.8 Å². The zero-order valence-electron chi connectivity index (χ0n) is 13.3. The fourth-order valence-corrected chi connectivity index (χ4v) is 2.14. The van der Waals surface area contributed by atoms with Crippen LogP contribution in [0, 0.1) is 0 Å². The molecule has 1 aromatic rings. The van der Waals surface area contributed by atoms with Gasteiger partial charge in [0.1, 0.15) is 6.54 Å². The van der Waals surface area contributed by atoms with Crippen molar-refractivity contribution in [1.82, 2.24) is 4.90 Å². The summed E-state index contributed by atoms with van der Waals surface area (Å²) in [5.74, 6) is -0.600. The molecule has 0 unspecified atom stereocenters. The van der Waals surface area contributed by atoms with E-state index in [1.807, 2.05) is 0 Å². The maximum absolute atomic E-state index is 12.1. The monoisotopic (exact) mass is 325 g/mol. The van der Waals surface area contributed by atoms with Gasteiger partial charge in [0.25, 0.3) is 5.91 Å². The van der Waals surface area contributed by atoms with E-state index in [2.05, 4.69) is 6.92 Å². The number of benzene rings is 1. The Morgan fingerprint density at radius 3 is 2.36 bits per heavy atom. The van der Waals surface area contributed by atoms with Crippen molar-refractivity contribution in [2.45, 2.75) is 39.0 Å². The normalized spacial score (nSPS) is 10.3. The van der Waals surface area contributed by atoms with Crippen LogP contribution in [0.4, 0.5) is 0 Å². The Hall–Kier alpha value is -1.55. The molecule has 0 aliphatic heterocycles. The molecule has 0 saturated heterocycles. The molecule has 22 heavy (non-hydrogen) atoms. The molecule has 0 aliphatic rings. The summed E-state index contributed by atoms with van der Waals surface area (Å²) in [7, 11) is 1.58. The Labute approximate surface area is 137 Å². The number of likely N-dealkylation sites (N-methyl/N-ethyl adjacent to an activating group) is 1. The minimum Gasteiger partial charge on any atom is -0.464 e. The third kappa shape index (κ3) is 6.94. The van der Waals surface area contributed by atoms with Crippen molar-refractivity contribution in [2.75, 3.05) is 20.2 Å². The van der Waals surface area contributed by atoms with E-state index in [1.54, 1.807) is 31.3 Å². The van der Waals surface area contributed by atoms with E-state index < -0.39 is 0 Å². The molecule has 0 bridgehead atoms. The lowest BCUT2D eigenvalue weighted by molar-refractivity contribution is -0.144. The van der Waals surface area contributed by atoms with Crippen molar-refractivity contribution >= 4 is 23.5 Å². The van der Waals surface area contributed by atoms with Crippen LogP contribution in [-0.4, -0.2) is 37.0 Å². The minimum absolute atomic E-state index is 0.0452. The van der Waals surface area contributed by atoms with Gasteiger partial charge in [-0.1, -0.05) is 44.2 Å². The van der Waals surface area contributed by atoms with Gasteiger partial charge < -0.3 is 9.64 Å². The van der Waals surface area contributed by atoms with Crippen LogP contribution in [0.15, 0.2) is 24.3 Å². The van der Waals surface area contributed by atoms with Crippen molar-refractivity contribution in [3.05, 3.63) is 34.9 Å². The number of hydrogen-bond acceptors (Lipinski definition) is 3. The molecule has 0 spiro atoms. The van der Waals surface area contributed by atoms with Crippen LogP contribution in [0.1, 0.15) is 49.4 Å². The molecule has 0 atom stereocenters. The van der Waals surface area contributed by atoms with Gasteiger partial charge in [0.2, 0.25) is 0 Å². The van der Waals surface area contributed by atoms with Crippen LogP contribution < -0.4 is 0 Å². The van der Waals surface area contributed by atoms with E-state index in [1.165, 1.54) is 24.2 Å². The summed E-state index contributed by atoms with van der Waals surface area (Å²) in [5, 5.41) is 0.571. The highest BCUT2D eigenvalue weighted by atomic mass is 35.5. The summed E-state index contributed by atoms with van der Waals surface area (Å²) >= 11 is 5.78. The molecule has 0 fully saturated rings. The second kappa shape index (κ2) is 10.2. The first-order chi connectivity index (χ1) is 10.5. The van der Waals surface area contributed by atoms with Gasteiger partial charge in [-0.05, 0) is 30.7 Å². The van der Waals surface area contributed by atoms with Gasteiger partial charge >= 0.3 is 5.97 Å². The lowest BCUT2D eigenvalue weighted by atomic mass is 10.2. The maximum Gasteiger partial charge on any atom is 0.325 e. The first-order valence-corrected chi connectivity index (χ1v) is 8.09. The number of carbonyl (C=O) groups excluding carboxylic acids is 2. The van der Waals surface area contributed by atoms with Crippen molar-refractivity contribution in [1.29, 1.82) is 0 Å². The Morgan fingerprint density at radius 2 is 1.73 bits per heavy atom. The Bertz CT molecular complexity index is 473. The second-order valence-corrected chi connectivity index (χ2v) is 5.74. The van der Waals surface area contributed by atoms with Gasteiger partial charge in [-0.15, -0.1) is 0 Å². The van der Waals surface area contributed by atoms with Crippen molar-refractivity contribution in [2.24, 2.45) is 0 Å². The van der Waals surface area contributed by atoms with Gasteiger partial charge in [0.05, 0.1) is 6.61 Å². The lowest BCUT2D eigenvalue weighted by Gasteiger charge is -2.16. The van der Waals surface area contributed by atoms with Crippen LogP contribution in [-0.2, 0) is 9.53 Å². The molecule has 1 amide bonds. The number of nitrogens with zero attached hydrogens (tertiary/aromatic N) is 1. The van der Waals surface area contributed by atoms with Gasteiger partial charge in [-0.25, -0.2) is 0 Å². The van der Waals surface area contributed by atoms with Crippen LogP contribution >= 0.6 is 11.6 Å². The Morgan fingerprint density at radius 1 is 1.09 bits per heavy atom. The van der Waals surface area contributed by atoms with E-state index in [4.69, 9.17) is 16.3 Å². The smallest absolute Gasteiger partial charge is 0.325 e. The molecule has 4 nitrogen and oxygen atoms in total. The first kappa shape index (κ1) is 18.5. The number of unbranched alkanes of at least 4 members (excludes halogenated alkanes) is 4. The largest absolute Gasteiger partial charge is 0.464 e. The first-order valence-electron chi connectivity index (χ1n) is 7.71. The van der Waals surface area contributed by atoms with Gasteiger partial charge in [0.15, 0.2) is 0 Å². The fraction of sp³-hybridized carbons (Fsp3) is 0.529. The predicted octanol–water partition coefficient (Wildman–Crippen LogP) is 3.93. The molecule has 5 heteroatoms. The third-order valence-corrected chi connectivity index (χ3v) is 3.57. The van der Waals surface area contributed by atoms with E-state index >= 15 is 0 Å². The number of amides is 1. The number of esters is 1. The summed E-state index contributed by atoms with van der Waals surface area (Å²) in [6.07, 6.45) is 5.52. The van der Waals surface area contributed by atoms with Gasteiger partial charge in [-0.2, -0.15) is 0 Å². The molecular weight excluding hydrogens is 302 g/mol. The van der Waals surface area contributed by atoms with Crippen LogP contribution in [0.25, 0.3) is 0 Å². The predicted molar refractivity (Wildman–Crippen MR) is 88.1 cm³/mol. The van der Waals surface area contributed by atoms with Gasteiger partial charge in [-0.3, -0.25) is 9.59 Å². The summed E-state index contributed by atoms with van der Waals surface area (Å²) in [6.45, 7) is 2.54.